The van der Waals surface area contributed by atoms with Gasteiger partial charge in [0.1, 0.15) is 17.8 Å². The van der Waals surface area contributed by atoms with E-state index in [1.54, 1.807) is 6.07 Å². The van der Waals surface area contributed by atoms with Crippen molar-refractivity contribution in [2.75, 3.05) is 10.7 Å². The minimum absolute atomic E-state index is 0.0657. The number of nitrogens with one attached hydrogen (secondary N) is 2. The number of pyridine rings is 1. The molecule has 0 fully saturated rings. The highest BCUT2D eigenvalue weighted by atomic mass is 35.5. The zero-order chi connectivity index (χ0) is 13.0. The summed E-state index contributed by atoms with van der Waals surface area (Å²) in [5.41, 5.74) is 2.86. The molecule has 0 saturated carbocycles. The van der Waals surface area contributed by atoms with Crippen molar-refractivity contribution in [3.05, 3.63) is 41.6 Å². The number of hydrogen-bond acceptors (Lipinski definition) is 6. The molecule has 2 rings (SSSR count). The van der Waals surface area contributed by atoms with Gasteiger partial charge in [0, 0.05) is 0 Å². The number of carbonyl (C=O) groups excluding carboxylic acids is 1. The van der Waals surface area contributed by atoms with E-state index >= 15 is 0 Å². The van der Waals surface area contributed by atoms with E-state index in [1.165, 1.54) is 24.8 Å². The molecule has 2 aromatic heterocycles. The Hall–Kier alpha value is -2.25. The fourth-order valence-corrected chi connectivity index (χ4v) is 1.43. The lowest BCUT2D eigenvalue weighted by atomic mass is 10.3. The average molecular weight is 265 g/mol. The largest absolute Gasteiger partial charge is 0.318 e. The van der Waals surface area contributed by atoms with E-state index in [0.717, 1.165) is 0 Å². The van der Waals surface area contributed by atoms with E-state index in [-0.39, 0.29) is 10.7 Å². The first kappa shape index (κ1) is 12.2. The van der Waals surface area contributed by atoms with Gasteiger partial charge in [-0.3, -0.25) is 4.79 Å². The molecule has 0 unspecified atom stereocenters. The van der Waals surface area contributed by atoms with Crippen LogP contribution >= 0.6 is 11.6 Å². The summed E-state index contributed by atoms with van der Waals surface area (Å²) in [6.45, 7) is 0. The van der Waals surface area contributed by atoms with Crippen LogP contribution in [0.4, 0.5) is 11.5 Å². The lowest BCUT2D eigenvalue weighted by Gasteiger charge is -2.06. The molecule has 1 amide bonds. The summed E-state index contributed by atoms with van der Waals surface area (Å²) in [7, 11) is 0. The van der Waals surface area contributed by atoms with Gasteiger partial charge in [-0.2, -0.15) is 0 Å². The number of amides is 1. The monoisotopic (exact) mass is 264 g/mol. The molecule has 0 aromatic carbocycles. The van der Waals surface area contributed by atoms with Gasteiger partial charge in [0.15, 0.2) is 0 Å². The molecule has 2 heterocycles. The summed E-state index contributed by atoms with van der Waals surface area (Å²) in [6, 6.07) is 3.09. The van der Waals surface area contributed by atoms with Gasteiger partial charge in [0.05, 0.1) is 23.1 Å². The fourth-order valence-electron chi connectivity index (χ4n) is 1.24. The maximum absolute atomic E-state index is 11.9. The molecule has 0 aliphatic rings. The topological polar surface area (TPSA) is 106 Å². The molecular weight excluding hydrogens is 256 g/mol. The Bertz CT molecular complexity index is 562. The van der Waals surface area contributed by atoms with Crippen LogP contribution in [-0.2, 0) is 0 Å². The number of halogens is 1. The molecule has 0 bridgehead atoms. The first-order chi connectivity index (χ1) is 8.70. The molecule has 2 aromatic rings. The maximum atomic E-state index is 11.9. The van der Waals surface area contributed by atoms with Gasteiger partial charge in [-0.1, -0.05) is 11.6 Å². The Labute approximate surface area is 107 Å². The first-order valence-electron chi connectivity index (χ1n) is 4.90. The predicted molar refractivity (Wildman–Crippen MR) is 67.0 cm³/mol. The molecule has 0 atom stereocenters. The third-order valence-corrected chi connectivity index (χ3v) is 2.33. The number of nitrogens with two attached hydrogens (primary N) is 1. The quantitative estimate of drug-likeness (QED) is 0.565. The van der Waals surface area contributed by atoms with Crippen molar-refractivity contribution in [2.24, 2.45) is 5.84 Å². The summed E-state index contributed by atoms with van der Waals surface area (Å²) >= 11 is 5.89. The highest BCUT2D eigenvalue weighted by Crippen LogP contribution is 2.17. The number of nitrogens with zero attached hydrogens (tertiary/aromatic N) is 3. The summed E-state index contributed by atoms with van der Waals surface area (Å²) in [6.07, 6.45) is 4.29. The molecule has 0 spiro atoms. The lowest BCUT2D eigenvalue weighted by molar-refractivity contribution is 0.102. The van der Waals surface area contributed by atoms with Crippen LogP contribution in [0.3, 0.4) is 0 Å². The molecule has 0 saturated heterocycles. The molecule has 0 aliphatic carbocycles. The molecule has 18 heavy (non-hydrogen) atoms. The first-order valence-corrected chi connectivity index (χ1v) is 5.28. The van der Waals surface area contributed by atoms with Crippen LogP contribution < -0.4 is 16.6 Å². The summed E-state index contributed by atoms with van der Waals surface area (Å²) < 4.78 is 0. The Morgan fingerprint density at radius 1 is 1.28 bits per heavy atom. The highest BCUT2D eigenvalue weighted by molar-refractivity contribution is 6.34. The van der Waals surface area contributed by atoms with E-state index in [0.29, 0.717) is 11.5 Å². The number of carbonyl (C=O) groups is 1. The van der Waals surface area contributed by atoms with Crippen molar-refractivity contribution in [3.8, 4) is 0 Å². The van der Waals surface area contributed by atoms with E-state index < -0.39 is 5.91 Å². The Morgan fingerprint density at radius 2 is 2.00 bits per heavy atom. The normalized spacial score (nSPS) is 9.89. The zero-order valence-electron chi connectivity index (χ0n) is 9.09. The molecule has 0 radical (unpaired) electrons. The highest BCUT2D eigenvalue weighted by Gasteiger charge is 2.13. The van der Waals surface area contributed by atoms with Crippen molar-refractivity contribution < 1.29 is 4.79 Å². The van der Waals surface area contributed by atoms with Crippen molar-refractivity contribution in [1.29, 1.82) is 0 Å². The second-order valence-corrected chi connectivity index (χ2v) is 3.66. The van der Waals surface area contributed by atoms with Gasteiger partial charge in [-0.15, -0.1) is 0 Å². The molecule has 7 nitrogen and oxygen atoms in total. The van der Waals surface area contributed by atoms with Gasteiger partial charge in [0.25, 0.3) is 5.91 Å². The maximum Gasteiger partial charge on any atom is 0.275 e. The minimum Gasteiger partial charge on any atom is -0.318 e. The third kappa shape index (κ3) is 2.70. The number of rotatable bonds is 3. The minimum atomic E-state index is -0.466. The van der Waals surface area contributed by atoms with Crippen molar-refractivity contribution in [2.45, 2.75) is 0 Å². The smallest absolute Gasteiger partial charge is 0.275 e. The summed E-state index contributed by atoms with van der Waals surface area (Å²) in [5.74, 6) is 5.09. The number of hydrazine groups is 1. The number of anilines is 2. The Balaban J connectivity index is 2.23. The van der Waals surface area contributed by atoms with E-state index in [9.17, 15) is 4.79 Å². The van der Waals surface area contributed by atoms with Crippen molar-refractivity contribution in [3.63, 3.8) is 0 Å². The van der Waals surface area contributed by atoms with Crippen LogP contribution in [0.5, 0.6) is 0 Å². The van der Waals surface area contributed by atoms with Crippen molar-refractivity contribution >= 4 is 29.0 Å². The number of nitrogen functional groups attached to an aromatic ring is 1. The van der Waals surface area contributed by atoms with Crippen LogP contribution in [-0.4, -0.2) is 20.9 Å². The van der Waals surface area contributed by atoms with Crippen LogP contribution in [0.2, 0.25) is 5.02 Å². The van der Waals surface area contributed by atoms with Crippen LogP contribution in [0.15, 0.2) is 30.9 Å². The molecule has 8 heteroatoms. The lowest BCUT2D eigenvalue weighted by Crippen LogP contribution is -2.17. The second kappa shape index (κ2) is 5.39. The van der Waals surface area contributed by atoms with Crippen LogP contribution in [0.1, 0.15) is 10.5 Å². The van der Waals surface area contributed by atoms with Crippen molar-refractivity contribution in [1.82, 2.24) is 15.0 Å². The van der Waals surface area contributed by atoms with E-state index in [1.807, 2.05) is 0 Å². The van der Waals surface area contributed by atoms with E-state index in [4.69, 9.17) is 17.4 Å². The van der Waals surface area contributed by atoms with Crippen LogP contribution in [0.25, 0.3) is 0 Å². The number of aromatic nitrogens is 3. The average Bonchev–Trinajstić information content (AvgIpc) is 2.40. The standard InChI is InChI=1S/C10H9ClN6O/c11-7-1-2-8(17-12)16-9(7)10(18)15-6-3-13-5-14-4-6/h1-5H,12H2,(H,15,18)(H,16,17). The van der Waals surface area contributed by atoms with Gasteiger partial charge >= 0.3 is 0 Å². The summed E-state index contributed by atoms with van der Waals surface area (Å²) in [4.78, 5) is 23.4. The van der Waals surface area contributed by atoms with Gasteiger partial charge in [0.2, 0.25) is 0 Å². The number of hydrogen-bond donors (Lipinski definition) is 3. The predicted octanol–water partition coefficient (Wildman–Crippen LogP) is 1.06. The van der Waals surface area contributed by atoms with Gasteiger partial charge in [-0.25, -0.2) is 20.8 Å². The van der Waals surface area contributed by atoms with Gasteiger partial charge < -0.3 is 10.7 Å². The molecule has 92 valence electrons. The second-order valence-electron chi connectivity index (χ2n) is 3.25. The van der Waals surface area contributed by atoms with Crippen LogP contribution in [0, 0.1) is 0 Å². The summed E-state index contributed by atoms with van der Waals surface area (Å²) in [5, 5.41) is 2.80. The third-order valence-electron chi connectivity index (χ3n) is 2.03. The zero-order valence-corrected chi connectivity index (χ0v) is 9.85. The van der Waals surface area contributed by atoms with E-state index in [2.05, 4.69) is 25.7 Å². The molecule has 0 aliphatic heterocycles. The van der Waals surface area contributed by atoms with Gasteiger partial charge in [-0.05, 0) is 12.1 Å². The SMILES string of the molecule is NNc1ccc(Cl)c(C(=O)Nc2cncnc2)n1. The Kier molecular flexibility index (Phi) is 3.66. The molecular formula is C10H9ClN6O. The molecule has 4 N–H and O–H groups in total. The Morgan fingerprint density at radius 3 is 2.67 bits per heavy atom. The fraction of sp³-hybridized carbons (Fsp3) is 0.